The van der Waals surface area contributed by atoms with E-state index >= 15 is 0 Å². The highest BCUT2D eigenvalue weighted by molar-refractivity contribution is 9.10. The van der Waals surface area contributed by atoms with Crippen molar-refractivity contribution in [3.05, 3.63) is 94.4 Å². The number of benzene rings is 1. The third-order valence-corrected chi connectivity index (χ3v) is 5.51. The van der Waals surface area contributed by atoms with Crippen molar-refractivity contribution in [3.8, 4) is 0 Å². The predicted octanol–water partition coefficient (Wildman–Crippen LogP) is 4.78. The van der Waals surface area contributed by atoms with E-state index in [1.54, 1.807) is 12.3 Å². The van der Waals surface area contributed by atoms with Crippen molar-refractivity contribution in [2.45, 2.75) is 6.42 Å². The minimum Gasteiger partial charge on any atom is -0.465 e. The van der Waals surface area contributed by atoms with Gasteiger partial charge in [0.05, 0.1) is 23.0 Å². The zero-order valence-corrected chi connectivity index (χ0v) is 18.5. The number of fused-ring (bicyclic) bond motifs is 2. The van der Waals surface area contributed by atoms with Crippen molar-refractivity contribution in [1.29, 1.82) is 0 Å². The standard InChI is InChI=1S/C24H18BrN5O2/c25-16-6-9-21-19(14-16)20(15-17(27-21)7-8-18-4-3-13-32-18)24(31)26-11-10-23-29-28-22-5-1-2-12-30(22)23/h1-9,12-15H,10-11H2,(H,26,31)/b8-7+. The molecule has 0 unspecified atom stereocenters. The van der Waals surface area contributed by atoms with Gasteiger partial charge >= 0.3 is 0 Å². The second-order valence-corrected chi connectivity index (χ2v) is 8.07. The quantitative estimate of drug-likeness (QED) is 0.372. The SMILES string of the molecule is O=C(NCCc1nnc2ccccn12)c1cc(/C=C/c2ccco2)nc2ccc(Br)cc12. The van der Waals surface area contributed by atoms with Crippen molar-refractivity contribution >= 4 is 50.5 Å². The Morgan fingerprint density at radius 1 is 1.09 bits per heavy atom. The summed E-state index contributed by atoms with van der Waals surface area (Å²) in [7, 11) is 0. The molecule has 1 amide bonds. The Kier molecular flexibility index (Phi) is 5.51. The minimum atomic E-state index is -0.169. The van der Waals surface area contributed by atoms with Gasteiger partial charge in [-0.2, -0.15) is 0 Å². The fourth-order valence-corrected chi connectivity index (χ4v) is 3.85. The first kappa shape index (κ1) is 20.1. The average Bonchev–Trinajstić information content (AvgIpc) is 3.47. The van der Waals surface area contributed by atoms with Gasteiger partial charge in [-0.25, -0.2) is 4.98 Å². The summed E-state index contributed by atoms with van der Waals surface area (Å²) >= 11 is 3.49. The zero-order chi connectivity index (χ0) is 21.9. The second-order valence-electron chi connectivity index (χ2n) is 7.16. The van der Waals surface area contributed by atoms with E-state index in [2.05, 4.69) is 36.4 Å². The molecule has 5 aromatic rings. The molecule has 32 heavy (non-hydrogen) atoms. The largest absolute Gasteiger partial charge is 0.465 e. The maximum atomic E-state index is 13.1. The molecule has 0 bridgehead atoms. The number of hydrogen-bond donors (Lipinski definition) is 1. The first-order chi connectivity index (χ1) is 15.7. The summed E-state index contributed by atoms with van der Waals surface area (Å²) in [5.74, 6) is 1.34. The molecule has 1 N–H and O–H groups in total. The van der Waals surface area contributed by atoms with Crippen LogP contribution in [0.2, 0.25) is 0 Å². The van der Waals surface area contributed by atoms with Gasteiger partial charge in [0.25, 0.3) is 5.91 Å². The van der Waals surface area contributed by atoms with Gasteiger partial charge in [-0.1, -0.05) is 22.0 Å². The molecule has 158 valence electrons. The lowest BCUT2D eigenvalue weighted by Gasteiger charge is -2.09. The van der Waals surface area contributed by atoms with Crippen LogP contribution in [-0.2, 0) is 6.42 Å². The number of halogens is 1. The van der Waals surface area contributed by atoms with Crippen LogP contribution in [0, 0.1) is 0 Å². The fraction of sp³-hybridized carbons (Fsp3) is 0.0833. The lowest BCUT2D eigenvalue weighted by Crippen LogP contribution is -2.26. The van der Waals surface area contributed by atoms with E-state index in [0.717, 1.165) is 26.8 Å². The molecule has 0 aliphatic heterocycles. The number of pyridine rings is 2. The van der Waals surface area contributed by atoms with Gasteiger partial charge in [-0.15, -0.1) is 10.2 Å². The van der Waals surface area contributed by atoms with Gasteiger partial charge < -0.3 is 9.73 Å². The predicted molar refractivity (Wildman–Crippen MR) is 126 cm³/mol. The lowest BCUT2D eigenvalue weighted by atomic mass is 10.1. The Bertz CT molecular complexity index is 1440. The number of amides is 1. The Morgan fingerprint density at radius 2 is 2.03 bits per heavy atom. The van der Waals surface area contributed by atoms with E-state index in [4.69, 9.17) is 4.42 Å². The monoisotopic (exact) mass is 487 g/mol. The number of nitrogens with one attached hydrogen (secondary N) is 1. The minimum absolute atomic E-state index is 0.169. The van der Waals surface area contributed by atoms with Crippen molar-refractivity contribution < 1.29 is 9.21 Å². The highest BCUT2D eigenvalue weighted by Crippen LogP contribution is 2.24. The first-order valence-electron chi connectivity index (χ1n) is 10.1. The smallest absolute Gasteiger partial charge is 0.252 e. The molecule has 7 nitrogen and oxygen atoms in total. The lowest BCUT2D eigenvalue weighted by molar-refractivity contribution is 0.0955. The van der Waals surface area contributed by atoms with E-state index in [1.165, 1.54) is 0 Å². The van der Waals surface area contributed by atoms with Crippen LogP contribution >= 0.6 is 15.9 Å². The molecule has 1 aromatic carbocycles. The van der Waals surface area contributed by atoms with Crippen LogP contribution in [0.4, 0.5) is 0 Å². The molecule has 0 spiro atoms. The Labute approximate surface area is 191 Å². The maximum Gasteiger partial charge on any atom is 0.252 e. The second kappa shape index (κ2) is 8.76. The normalized spacial score (nSPS) is 11.5. The van der Waals surface area contributed by atoms with Crippen LogP contribution in [0.5, 0.6) is 0 Å². The van der Waals surface area contributed by atoms with Crippen LogP contribution in [0.25, 0.3) is 28.7 Å². The van der Waals surface area contributed by atoms with Gasteiger partial charge in [-0.05, 0) is 60.7 Å². The number of carbonyl (C=O) groups excluding carboxylic acids is 1. The van der Waals surface area contributed by atoms with E-state index in [-0.39, 0.29) is 5.91 Å². The number of furan rings is 1. The molecule has 0 aliphatic carbocycles. The third-order valence-electron chi connectivity index (χ3n) is 5.02. The van der Waals surface area contributed by atoms with Crippen LogP contribution in [0.15, 0.2) is 75.9 Å². The number of rotatable bonds is 6. The fourth-order valence-electron chi connectivity index (χ4n) is 3.49. The maximum absolute atomic E-state index is 13.1. The summed E-state index contributed by atoms with van der Waals surface area (Å²) in [5, 5.41) is 12.1. The molecule has 0 saturated heterocycles. The van der Waals surface area contributed by atoms with Crippen LogP contribution in [-0.4, -0.2) is 32.0 Å². The van der Waals surface area contributed by atoms with E-state index in [9.17, 15) is 4.79 Å². The Balaban J connectivity index is 1.39. The first-order valence-corrected chi connectivity index (χ1v) is 10.9. The Hall–Kier alpha value is -3.78. The van der Waals surface area contributed by atoms with Crippen molar-refractivity contribution in [2.24, 2.45) is 0 Å². The van der Waals surface area contributed by atoms with Gasteiger partial charge in [0.2, 0.25) is 0 Å². The van der Waals surface area contributed by atoms with Crippen molar-refractivity contribution in [3.63, 3.8) is 0 Å². The third kappa shape index (κ3) is 4.17. The summed E-state index contributed by atoms with van der Waals surface area (Å²) in [6.45, 7) is 0.434. The van der Waals surface area contributed by atoms with E-state index in [1.807, 2.05) is 71.3 Å². The van der Waals surface area contributed by atoms with Gasteiger partial charge in [0.15, 0.2) is 5.65 Å². The molecule has 5 rings (SSSR count). The summed E-state index contributed by atoms with van der Waals surface area (Å²) in [6.07, 6.45) is 7.75. The molecule has 4 aromatic heterocycles. The molecular formula is C24H18BrN5O2. The molecule has 0 fully saturated rings. The van der Waals surface area contributed by atoms with Crippen LogP contribution in [0.3, 0.4) is 0 Å². The topological polar surface area (TPSA) is 85.3 Å². The molecule has 0 aliphatic rings. The average molecular weight is 488 g/mol. The number of nitrogens with zero attached hydrogens (tertiary/aromatic N) is 4. The zero-order valence-electron chi connectivity index (χ0n) is 16.9. The number of carbonyl (C=O) groups is 1. The molecule has 0 radical (unpaired) electrons. The van der Waals surface area contributed by atoms with E-state index < -0.39 is 0 Å². The molecule has 0 saturated carbocycles. The summed E-state index contributed by atoms with van der Waals surface area (Å²) < 4.78 is 8.15. The van der Waals surface area contributed by atoms with Gasteiger partial charge in [0.1, 0.15) is 11.6 Å². The highest BCUT2D eigenvalue weighted by Gasteiger charge is 2.14. The van der Waals surface area contributed by atoms with Gasteiger partial charge in [-0.3, -0.25) is 9.20 Å². The molecule has 8 heteroatoms. The summed E-state index contributed by atoms with van der Waals surface area (Å²) in [5.41, 5.74) is 2.75. The number of hydrogen-bond acceptors (Lipinski definition) is 5. The summed E-state index contributed by atoms with van der Waals surface area (Å²) in [6, 6.07) is 16.9. The van der Waals surface area contributed by atoms with Gasteiger partial charge in [0, 0.05) is 29.0 Å². The van der Waals surface area contributed by atoms with Crippen LogP contribution in [0.1, 0.15) is 27.6 Å². The Morgan fingerprint density at radius 3 is 2.91 bits per heavy atom. The number of aromatic nitrogens is 4. The molecule has 0 atom stereocenters. The van der Waals surface area contributed by atoms with Crippen LogP contribution < -0.4 is 5.32 Å². The van der Waals surface area contributed by atoms with Crippen molar-refractivity contribution in [1.82, 2.24) is 24.9 Å². The highest BCUT2D eigenvalue weighted by atomic mass is 79.9. The van der Waals surface area contributed by atoms with Crippen molar-refractivity contribution in [2.75, 3.05) is 6.54 Å². The molecular weight excluding hydrogens is 470 g/mol. The summed E-state index contributed by atoms with van der Waals surface area (Å²) in [4.78, 5) is 17.8. The van der Waals surface area contributed by atoms with E-state index in [0.29, 0.717) is 30.0 Å². The molecule has 4 heterocycles.